The average molecular weight is 435 g/mol. The number of hydrogen-bond donors (Lipinski definition) is 2. The fourth-order valence-electron chi connectivity index (χ4n) is 3.61. The maximum atomic E-state index is 12.6. The third kappa shape index (κ3) is 4.99. The average Bonchev–Trinajstić information content (AvgIpc) is 2.96. The fourth-order valence-corrected chi connectivity index (χ4v) is 5.09. The minimum atomic E-state index is -3.74. The summed E-state index contributed by atoms with van der Waals surface area (Å²) in [5.74, 6) is -0.0153. The number of ether oxygens (including phenoxy) is 1. The highest BCUT2D eigenvalue weighted by molar-refractivity contribution is 8.00. The number of nitrogens with zero attached hydrogens (tertiary/aromatic N) is 2. The van der Waals surface area contributed by atoms with Crippen LogP contribution in [0.25, 0.3) is 4.91 Å². The van der Waals surface area contributed by atoms with Crippen LogP contribution in [0.4, 0.5) is 4.79 Å². The first-order valence-electron chi connectivity index (χ1n) is 9.88. The van der Waals surface area contributed by atoms with Gasteiger partial charge in [-0.15, -0.1) is 4.40 Å². The van der Waals surface area contributed by atoms with Gasteiger partial charge in [0.15, 0.2) is 0 Å². The lowest BCUT2D eigenvalue weighted by molar-refractivity contribution is -0.141. The molecule has 1 fully saturated rings. The first-order valence-corrected chi connectivity index (χ1v) is 11.3. The number of sulfonamides is 1. The monoisotopic (exact) mass is 434 g/mol. The molecule has 1 aromatic carbocycles. The van der Waals surface area contributed by atoms with Crippen LogP contribution in [0.15, 0.2) is 40.3 Å². The van der Waals surface area contributed by atoms with E-state index in [0.717, 1.165) is 0 Å². The van der Waals surface area contributed by atoms with E-state index >= 15 is 0 Å². The van der Waals surface area contributed by atoms with Gasteiger partial charge in [0, 0.05) is 24.7 Å². The Hall–Kier alpha value is -2.88. The van der Waals surface area contributed by atoms with Gasteiger partial charge in [0.25, 0.3) is 10.0 Å². The molecule has 0 radical (unpaired) electrons. The highest BCUT2D eigenvalue weighted by Gasteiger charge is 2.34. The highest BCUT2D eigenvalue weighted by Crippen LogP contribution is 2.34. The number of nitrogens with one attached hydrogen (secondary N) is 2. The molecule has 2 aliphatic heterocycles. The Morgan fingerprint density at radius 3 is 2.50 bits per heavy atom. The molecular formula is C20H26N4O5S. The van der Waals surface area contributed by atoms with Crippen molar-refractivity contribution in [3.63, 3.8) is 0 Å². The summed E-state index contributed by atoms with van der Waals surface area (Å²) in [6, 6.07) is 8.47. The first kappa shape index (κ1) is 21.8. The van der Waals surface area contributed by atoms with Crippen LogP contribution in [0.5, 0.6) is 0 Å². The smallest absolute Gasteiger partial charge is 0.325 e. The van der Waals surface area contributed by atoms with E-state index in [-0.39, 0.29) is 24.1 Å². The summed E-state index contributed by atoms with van der Waals surface area (Å²) >= 11 is 0. The van der Waals surface area contributed by atoms with Crippen molar-refractivity contribution in [3.05, 3.63) is 41.5 Å². The molecule has 0 bridgehead atoms. The molecule has 9 nitrogen and oxygen atoms in total. The fraction of sp³-hybridized carbons (Fsp3) is 0.450. The maximum Gasteiger partial charge on any atom is 0.325 e. The zero-order chi connectivity index (χ0) is 21.7. The van der Waals surface area contributed by atoms with Crippen molar-refractivity contribution in [2.24, 2.45) is 4.40 Å². The Labute approximate surface area is 176 Å². The number of amidine groups is 1. The van der Waals surface area contributed by atoms with Crippen LogP contribution >= 0.6 is 0 Å². The number of benzene rings is 1. The van der Waals surface area contributed by atoms with Crippen molar-refractivity contribution in [1.82, 2.24) is 15.5 Å². The topological polar surface area (TPSA) is 117 Å². The number of piperidine rings is 1. The van der Waals surface area contributed by atoms with E-state index in [1.807, 2.05) is 11.0 Å². The van der Waals surface area contributed by atoms with Crippen LogP contribution in [0.1, 0.15) is 32.3 Å². The number of amides is 2. The summed E-state index contributed by atoms with van der Waals surface area (Å²) in [6.45, 7) is 4.69. The molecule has 2 heterocycles. The lowest BCUT2D eigenvalue weighted by atomic mass is 10.0. The van der Waals surface area contributed by atoms with E-state index in [0.29, 0.717) is 42.9 Å². The van der Waals surface area contributed by atoms with Crippen molar-refractivity contribution in [2.75, 3.05) is 26.2 Å². The number of hydrogen-bond acceptors (Lipinski definition) is 6. The molecule has 162 valence electrons. The molecule has 1 saturated heterocycles. The molecule has 2 amide bonds. The lowest BCUT2D eigenvalue weighted by Gasteiger charge is -2.33. The molecule has 0 atom stereocenters. The number of urea groups is 1. The van der Waals surface area contributed by atoms with Gasteiger partial charge in [-0.2, -0.15) is 8.42 Å². The SMILES string of the molecule is CCOC(=O)CNC(=O)NC1CCN(C2=NS(=O)(=O)C(c3ccccc3)=C2C)CC1. The third-order valence-electron chi connectivity index (χ3n) is 5.00. The molecule has 0 saturated carbocycles. The predicted octanol–water partition coefficient (Wildman–Crippen LogP) is 1.49. The molecule has 0 spiro atoms. The van der Waals surface area contributed by atoms with Gasteiger partial charge >= 0.3 is 12.0 Å². The van der Waals surface area contributed by atoms with Crippen LogP contribution in [-0.2, 0) is 19.6 Å². The number of likely N-dealkylation sites (tertiary alicyclic amines) is 1. The number of esters is 1. The summed E-state index contributed by atoms with van der Waals surface area (Å²) in [7, 11) is -3.74. The molecule has 2 N–H and O–H groups in total. The van der Waals surface area contributed by atoms with Gasteiger partial charge in [-0.05, 0) is 32.3 Å². The number of rotatable bonds is 5. The maximum absolute atomic E-state index is 12.6. The Kier molecular flexibility index (Phi) is 6.76. The molecular weight excluding hydrogens is 408 g/mol. The Morgan fingerprint density at radius 2 is 1.87 bits per heavy atom. The molecule has 0 unspecified atom stereocenters. The third-order valence-corrected chi connectivity index (χ3v) is 6.48. The molecule has 30 heavy (non-hydrogen) atoms. The second-order valence-corrected chi connectivity index (χ2v) is 8.64. The van der Waals surface area contributed by atoms with Gasteiger partial charge < -0.3 is 20.3 Å². The summed E-state index contributed by atoms with van der Waals surface area (Å²) in [4.78, 5) is 25.4. The minimum Gasteiger partial charge on any atom is -0.465 e. The van der Waals surface area contributed by atoms with E-state index in [9.17, 15) is 18.0 Å². The zero-order valence-corrected chi connectivity index (χ0v) is 17.9. The van der Waals surface area contributed by atoms with Crippen LogP contribution in [0.2, 0.25) is 0 Å². The standard InChI is InChI=1S/C20H26N4O5S/c1-3-29-17(25)13-21-20(26)22-16-9-11-24(12-10-16)19-14(2)18(30(27,28)23-19)15-7-5-4-6-8-15/h4-8,16H,3,9-13H2,1-2H3,(H2,21,22,26). The number of carbonyl (C=O) groups excluding carboxylic acids is 2. The summed E-state index contributed by atoms with van der Waals surface area (Å²) in [6.07, 6.45) is 1.28. The van der Waals surface area contributed by atoms with Crippen LogP contribution in [0, 0.1) is 0 Å². The normalized spacial score (nSPS) is 18.7. The van der Waals surface area contributed by atoms with Gasteiger partial charge in [-0.3, -0.25) is 4.79 Å². The van der Waals surface area contributed by atoms with Gasteiger partial charge in [-0.1, -0.05) is 30.3 Å². The van der Waals surface area contributed by atoms with Crippen molar-refractivity contribution in [1.29, 1.82) is 0 Å². The van der Waals surface area contributed by atoms with Crippen LogP contribution in [-0.4, -0.2) is 63.4 Å². The van der Waals surface area contributed by atoms with Crippen molar-refractivity contribution in [2.45, 2.75) is 32.7 Å². The summed E-state index contributed by atoms with van der Waals surface area (Å²) in [5, 5.41) is 5.31. The van der Waals surface area contributed by atoms with Gasteiger partial charge in [0.05, 0.1) is 6.61 Å². The van der Waals surface area contributed by atoms with Crippen LogP contribution < -0.4 is 10.6 Å². The first-order chi connectivity index (χ1) is 14.3. The molecule has 2 aliphatic rings. The molecule has 3 rings (SSSR count). The van der Waals surface area contributed by atoms with Gasteiger partial charge in [-0.25, -0.2) is 4.79 Å². The van der Waals surface area contributed by atoms with Crippen molar-refractivity contribution < 1.29 is 22.7 Å². The highest BCUT2D eigenvalue weighted by atomic mass is 32.2. The Bertz CT molecular complexity index is 964. The largest absolute Gasteiger partial charge is 0.465 e. The second-order valence-electron chi connectivity index (χ2n) is 7.10. The lowest BCUT2D eigenvalue weighted by Crippen LogP contribution is -2.49. The second kappa shape index (κ2) is 9.29. The zero-order valence-electron chi connectivity index (χ0n) is 17.1. The van der Waals surface area contributed by atoms with Gasteiger partial charge in [0.1, 0.15) is 17.3 Å². The van der Waals surface area contributed by atoms with Crippen molar-refractivity contribution in [3.8, 4) is 0 Å². The summed E-state index contributed by atoms with van der Waals surface area (Å²) in [5.41, 5.74) is 1.27. The molecule has 1 aromatic rings. The molecule has 10 heteroatoms. The number of carbonyl (C=O) groups is 2. The van der Waals surface area contributed by atoms with E-state index in [2.05, 4.69) is 15.0 Å². The quantitative estimate of drug-likeness (QED) is 0.678. The van der Waals surface area contributed by atoms with E-state index in [4.69, 9.17) is 4.74 Å². The Morgan fingerprint density at radius 1 is 1.20 bits per heavy atom. The van der Waals surface area contributed by atoms with E-state index in [1.165, 1.54) is 0 Å². The Balaban J connectivity index is 1.58. The van der Waals surface area contributed by atoms with E-state index < -0.39 is 22.0 Å². The van der Waals surface area contributed by atoms with Crippen molar-refractivity contribution >= 4 is 32.8 Å². The molecule has 0 aromatic heterocycles. The predicted molar refractivity (Wildman–Crippen MR) is 113 cm³/mol. The van der Waals surface area contributed by atoms with Crippen LogP contribution in [0.3, 0.4) is 0 Å². The summed E-state index contributed by atoms with van der Waals surface area (Å²) < 4.78 is 34.1. The minimum absolute atomic E-state index is 0.0695. The molecule has 0 aliphatic carbocycles. The van der Waals surface area contributed by atoms with Gasteiger partial charge in [0.2, 0.25) is 0 Å². The van der Waals surface area contributed by atoms with E-state index in [1.54, 1.807) is 38.1 Å².